The van der Waals surface area contributed by atoms with Crippen LogP contribution in [0.15, 0.2) is 15.5 Å². The molecule has 116 valence electrons. The molecule has 2 heterocycles. The van der Waals surface area contributed by atoms with E-state index in [0.717, 1.165) is 0 Å². The number of aromatic nitrogens is 3. The number of nitrogens with zero attached hydrogens (tertiary/aromatic N) is 3. The van der Waals surface area contributed by atoms with Crippen molar-refractivity contribution >= 4 is 10.0 Å². The second-order valence-corrected chi connectivity index (χ2v) is 6.40. The van der Waals surface area contributed by atoms with E-state index in [9.17, 15) is 8.42 Å². The zero-order valence-electron chi connectivity index (χ0n) is 12.3. The van der Waals surface area contributed by atoms with Gasteiger partial charge in [0.05, 0.1) is 30.7 Å². The maximum Gasteiger partial charge on any atom is 0.244 e. The minimum atomic E-state index is -3.68. The summed E-state index contributed by atoms with van der Waals surface area (Å²) in [5.74, 6) is 0.952. The molecule has 0 aliphatic rings. The van der Waals surface area contributed by atoms with Gasteiger partial charge in [0.1, 0.15) is 10.7 Å². The number of oxazole rings is 1. The van der Waals surface area contributed by atoms with E-state index < -0.39 is 10.0 Å². The quantitative estimate of drug-likeness (QED) is 0.789. The van der Waals surface area contributed by atoms with E-state index in [0.29, 0.717) is 36.1 Å². The van der Waals surface area contributed by atoms with Crippen LogP contribution in [-0.2, 0) is 23.1 Å². The predicted molar refractivity (Wildman–Crippen MR) is 76.0 cm³/mol. The predicted octanol–water partition coefficient (Wildman–Crippen LogP) is 0.234. The van der Waals surface area contributed by atoms with E-state index in [-0.39, 0.29) is 11.4 Å². The first-order chi connectivity index (χ1) is 9.85. The maximum absolute atomic E-state index is 12.4. The summed E-state index contributed by atoms with van der Waals surface area (Å²) in [4.78, 5) is 4.14. The van der Waals surface area contributed by atoms with Gasteiger partial charge in [-0.3, -0.25) is 4.68 Å². The molecule has 8 nitrogen and oxygen atoms in total. The average Bonchev–Trinajstić information content (AvgIpc) is 2.93. The molecule has 0 saturated heterocycles. The summed E-state index contributed by atoms with van der Waals surface area (Å²) >= 11 is 0. The molecule has 2 rings (SSSR count). The molecule has 0 aliphatic heterocycles. The zero-order chi connectivity index (χ0) is 15.6. The first-order valence-corrected chi connectivity index (χ1v) is 7.98. The number of sulfonamides is 1. The van der Waals surface area contributed by atoms with Gasteiger partial charge in [0.2, 0.25) is 15.9 Å². The van der Waals surface area contributed by atoms with E-state index in [1.807, 2.05) is 0 Å². The molecule has 0 spiro atoms. The fraction of sp³-hybridized carbons (Fsp3) is 0.500. The second-order valence-electron chi connectivity index (χ2n) is 4.70. The minimum absolute atomic E-state index is 0.00285. The highest BCUT2D eigenvalue weighted by Crippen LogP contribution is 2.19. The fourth-order valence-electron chi connectivity index (χ4n) is 2.12. The van der Waals surface area contributed by atoms with Crippen LogP contribution in [0, 0.1) is 20.8 Å². The van der Waals surface area contributed by atoms with Crippen molar-refractivity contribution in [1.29, 1.82) is 0 Å². The standard InChI is InChI=1S/C12H19N5O3S/c1-8-6-14-11(20-8)7-15-21(18,19)12-9(2)16-17(5-4-13)10(12)3/h6,15H,4-5,7,13H2,1-3H3. The Morgan fingerprint density at radius 2 is 2.10 bits per heavy atom. The number of hydrogen-bond donors (Lipinski definition) is 2. The third kappa shape index (κ3) is 3.31. The highest BCUT2D eigenvalue weighted by molar-refractivity contribution is 7.89. The maximum atomic E-state index is 12.4. The van der Waals surface area contributed by atoms with Crippen LogP contribution in [0.1, 0.15) is 23.0 Å². The lowest BCUT2D eigenvalue weighted by atomic mass is 10.4. The van der Waals surface area contributed by atoms with E-state index in [1.54, 1.807) is 31.6 Å². The Labute approximate surface area is 123 Å². The minimum Gasteiger partial charge on any atom is -0.445 e. The zero-order valence-corrected chi connectivity index (χ0v) is 13.1. The van der Waals surface area contributed by atoms with E-state index in [2.05, 4.69) is 14.8 Å². The van der Waals surface area contributed by atoms with Crippen molar-refractivity contribution in [2.24, 2.45) is 5.73 Å². The number of aryl methyl sites for hydroxylation is 2. The molecule has 0 atom stereocenters. The smallest absolute Gasteiger partial charge is 0.244 e. The van der Waals surface area contributed by atoms with Gasteiger partial charge in [-0.05, 0) is 20.8 Å². The van der Waals surface area contributed by atoms with Crippen LogP contribution in [0.25, 0.3) is 0 Å². The van der Waals surface area contributed by atoms with E-state index in [4.69, 9.17) is 10.2 Å². The summed E-state index contributed by atoms with van der Waals surface area (Å²) in [6.45, 7) is 5.97. The molecule has 0 saturated carbocycles. The normalized spacial score (nSPS) is 12.0. The lowest BCUT2D eigenvalue weighted by molar-refractivity contribution is 0.463. The number of hydrogen-bond acceptors (Lipinski definition) is 6. The van der Waals surface area contributed by atoms with Gasteiger partial charge < -0.3 is 10.2 Å². The van der Waals surface area contributed by atoms with Gasteiger partial charge in [-0.1, -0.05) is 0 Å². The summed E-state index contributed by atoms with van der Waals surface area (Å²) in [7, 11) is -3.68. The van der Waals surface area contributed by atoms with Crippen LogP contribution in [0.4, 0.5) is 0 Å². The Kier molecular flexibility index (Phi) is 4.45. The van der Waals surface area contributed by atoms with Crippen LogP contribution in [0.2, 0.25) is 0 Å². The molecular formula is C12H19N5O3S. The van der Waals surface area contributed by atoms with Crippen LogP contribution in [0.5, 0.6) is 0 Å². The van der Waals surface area contributed by atoms with Gasteiger partial charge in [0, 0.05) is 6.54 Å². The Hall–Kier alpha value is -1.71. The molecule has 0 radical (unpaired) electrons. The molecular weight excluding hydrogens is 294 g/mol. The van der Waals surface area contributed by atoms with Crippen LogP contribution < -0.4 is 10.5 Å². The molecule has 0 bridgehead atoms. The monoisotopic (exact) mass is 313 g/mol. The van der Waals surface area contributed by atoms with Gasteiger partial charge in [-0.2, -0.15) is 5.10 Å². The fourth-order valence-corrected chi connectivity index (χ4v) is 3.50. The lowest BCUT2D eigenvalue weighted by Gasteiger charge is -2.06. The molecule has 9 heteroatoms. The summed E-state index contributed by atoms with van der Waals surface area (Å²) < 4.78 is 34.1. The Morgan fingerprint density at radius 3 is 2.67 bits per heavy atom. The first kappa shape index (κ1) is 15.7. The highest BCUT2D eigenvalue weighted by atomic mass is 32.2. The first-order valence-electron chi connectivity index (χ1n) is 6.50. The van der Waals surface area contributed by atoms with E-state index in [1.165, 1.54) is 0 Å². The van der Waals surface area contributed by atoms with Crippen LogP contribution in [-0.4, -0.2) is 29.7 Å². The SMILES string of the molecule is Cc1cnc(CNS(=O)(=O)c2c(C)nn(CCN)c2C)o1. The summed E-state index contributed by atoms with van der Waals surface area (Å²) in [5.41, 5.74) is 6.49. The molecule has 0 amide bonds. The van der Waals surface area contributed by atoms with E-state index >= 15 is 0 Å². The van der Waals surface area contributed by atoms with Gasteiger partial charge in [-0.15, -0.1) is 0 Å². The van der Waals surface area contributed by atoms with Crippen LogP contribution >= 0.6 is 0 Å². The Morgan fingerprint density at radius 1 is 1.38 bits per heavy atom. The molecule has 0 aliphatic carbocycles. The molecule has 2 aromatic heterocycles. The van der Waals surface area contributed by atoms with Crippen molar-refractivity contribution < 1.29 is 12.8 Å². The van der Waals surface area contributed by atoms with Crippen molar-refractivity contribution in [1.82, 2.24) is 19.5 Å². The average molecular weight is 313 g/mol. The molecule has 2 aromatic rings. The highest BCUT2D eigenvalue weighted by Gasteiger charge is 2.24. The van der Waals surface area contributed by atoms with Crippen molar-refractivity contribution in [3.8, 4) is 0 Å². The Balaban J connectivity index is 2.23. The van der Waals surface area contributed by atoms with Crippen molar-refractivity contribution in [3.63, 3.8) is 0 Å². The topological polar surface area (TPSA) is 116 Å². The van der Waals surface area contributed by atoms with Gasteiger partial charge in [0.25, 0.3) is 0 Å². The molecule has 3 N–H and O–H groups in total. The van der Waals surface area contributed by atoms with Crippen molar-refractivity contribution in [2.75, 3.05) is 6.54 Å². The van der Waals surface area contributed by atoms with Crippen molar-refractivity contribution in [2.45, 2.75) is 38.8 Å². The largest absolute Gasteiger partial charge is 0.445 e. The lowest BCUT2D eigenvalue weighted by Crippen LogP contribution is -2.24. The number of nitrogens with one attached hydrogen (secondary N) is 1. The van der Waals surface area contributed by atoms with Gasteiger partial charge >= 0.3 is 0 Å². The second kappa shape index (κ2) is 5.96. The molecule has 0 unspecified atom stereocenters. The van der Waals surface area contributed by atoms with Gasteiger partial charge in [0.15, 0.2) is 0 Å². The summed E-state index contributed by atoms with van der Waals surface area (Å²) in [5, 5.41) is 4.20. The van der Waals surface area contributed by atoms with Crippen LogP contribution in [0.3, 0.4) is 0 Å². The Bertz CT molecular complexity index is 732. The summed E-state index contributed by atoms with van der Waals surface area (Å²) in [6.07, 6.45) is 1.54. The molecule has 0 fully saturated rings. The number of rotatable bonds is 6. The molecule has 0 aromatic carbocycles. The molecule has 21 heavy (non-hydrogen) atoms. The number of nitrogens with two attached hydrogens (primary N) is 1. The summed E-state index contributed by atoms with van der Waals surface area (Å²) in [6, 6.07) is 0. The van der Waals surface area contributed by atoms with Crippen molar-refractivity contribution in [3.05, 3.63) is 29.2 Å². The van der Waals surface area contributed by atoms with Gasteiger partial charge in [-0.25, -0.2) is 18.1 Å². The third-order valence-corrected chi connectivity index (χ3v) is 4.66. The third-order valence-electron chi connectivity index (χ3n) is 3.01.